The highest BCUT2D eigenvalue weighted by molar-refractivity contribution is 5.90. The number of anilines is 1. The summed E-state index contributed by atoms with van der Waals surface area (Å²) in [6.07, 6.45) is 2.68. The highest BCUT2D eigenvalue weighted by Gasteiger charge is 2.24. The molecule has 5 nitrogen and oxygen atoms in total. The van der Waals surface area contributed by atoms with E-state index in [0.717, 1.165) is 25.3 Å². The first-order valence-corrected chi connectivity index (χ1v) is 6.16. The van der Waals surface area contributed by atoms with Crippen molar-refractivity contribution in [2.24, 2.45) is 11.7 Å². The summed E-state index contributed by atoms with van der Waals surface area (Å²) in [5, 5.41) is 0. The Hall–Kier alpha value is -1.62. The molecule has 1 aliphatic rings. The molecule has 2 N–H and O–H groups in total. The summed E-state index contributed by atoms with van der Waals surface area (Å²) in [5.41, 5.74) is 6.59. The van der Waals surface area contributed by atoms with Gasteiger partial charge >= 0.3 is 5.97 Å². The maximum absolute atomic E-state index is 11.5. The second kappa shape index (κ2) is 5.35. The van der Waals surface area contributed by atoms with Gasteiger partial charge in [-0.15, -0.1) is 0 Å². The average Bonchev–Trinajstić information content (AvgIpc) is 2.41. The maximum Gasteiger partial charge on any atom is 0.338 e. The lowest BCUT2D eigenvalue weighted by molar-refractivity contribution is 0.0600. The molecule has 0 bridgehead atoms. The Morgan fingerprint density at radius 3 is 3.06 bits per heavy atom. The molecule has 1 fully saturated rings. The highest BCUT2D eigenvalue weighted by Crippen LogP contribution is 2.21. The third-order valence-corrected chi connectivity index (χ3v) is 3.51. The molecule has 2 heterocycles. The van der Waals surface area contributed by atoms with Crippen molar-refractivity contribution in [3.8, 4) is 0 Å². The summed E-state index contributed by atoms with van der Waals surface area (Å²) in [4.78, 5) is 17.9. The van der Waals surface area contributed by atoms with E-state index in [9.17, 15) is 4.79 Å². The van der Waals surface area contributed by atoms with Crippen molar-refractivity contribution < 1.29 is 9.53 Å². The van der Waals surface area contributed by atoms with Crippen molar-refractivity contribution in [1.82, 2.24) is 4.98 Å². The van der Waals surface area contributed by atoms with Gasteiger partial charge in [-0.05, 0) is 24.5 Å². The van der Waals surface area contributed by atoms with Crippen molar-refractivity contribution in [3.63, 3.8) is 0 Å². The lowest BCUT2D eigenvalue weighted by Gasteiger charge is -2.35. The molecule has 18 heavy (non-hydrogen) atoms. The van der Waals surface area contributed by atoms with Crippen LogP contribution in [0.25, 0.3) is 0 Å². The number of carbonyl (C=O) groups excluding carboxylic acids is 1. The molecular formula is C13H19N3O2. The van der Waals surface area contributed by atoms with Crippen molar-refractivity contribution in [2.75, 3.05) is 25.1 Å². The van der Waals surface area contributed by atoms with E-state index in [1.807, 2.05) is 0 Å². The molecule has 2 atom stereocenters. The van der Waals surface area contributed by atoms with Gasteiger partial charge in [-0.2, -0.15) is 0 Å². The Morgan fingerprint density at radius 2 is 2.39 bits per heavy atom. The zero-order valence-corrected chi connectivity index (χ0v) is 10.8. The van der Waals surface area contributed by atoms with Gasteiger partial charge in [0.2, 0.25) is 0 Å². The minimum atomic E-state index is -0.340. The zero-order chi connectivity index (χ0) is 13.1. The Kier molecular flexibility index (Phi) is 3.81. The summed E-state index contributed by atoms with van der Waals surface area (Å²) in [6, 6.07) is 3.57. The molecule has 0 radical (unpaired) electrons. The zero-order valence-electron chi connectivity index (χ0n) is 10.8. The van der Waals surface area contributed by atoms with E-state index >= 15 is 0 Å². The molecule has 2 rings (SSSR count). The van der Waals surface area contributed by atoms with Crippen LogP contribution in [0.2, 0.25) is 0 Å². The number of methoxy groups -OCH3 is 1. The molecule has 5 heteroatoms. The molecule has 2 unspecified atom stereocenters. The number of pyridine rings is 1. The van der Waals surface area contributed by atoms with Crippen LogP contribution < -0.4 is 10.6 Å². The molecule has 1 aliphatic heterocycles. The molecule has 0 aromatic carbocycles. The Labute approximate surface area is 107 Å². The van der Waals surface area contributed by atoms with Crippen LogP contribution in [-0.2, 0) is 4.74 Å². The minimum Gasteiger partial charge on any atom is -0.465 e. The molecule has 0 amide bonds. The Bertz CT molecular complexity index is 436. The van der Waals surface area contributed by atoms with E-state index in [2.05, 4.69) is 16.8 Å². The standard InChI is InChI=1S/C13H19N3O2/c1-9-4-6-16(8-11(9)14)12-7-10(3-5-15-12)13(17)18-2/h3,5,7,9,11H,4,6,8,14H2,1-2H3. The lowest BCUT2D eigenvalue weighted by Crippen LogP contribution is -2.47. The summed E-state index contributed by atoms with van der Waals surface area (Å²) in [6.45, 7) is 3.87. The first-order valence-electron chi connectivity index (χ1n) is 6.16. The summed E-state index contributed by atoms with van der Waals surface area (Å²) in [5.74, 6) is 0.985. The van der Waals surface area contributed by atoms with Crippen molar-refractivity contribution in [1.29, 1.82) is 0 Å². The van der Waals surface area contributed by atoms with Crippen LogP contribution in [0.3, 0.4) is 0 Å². The monoisotopic (exact) mass is 249 g/mol. The highest BCUT2D eigenvalue weighted by atomic mass is 16.5. The second-order valence-corrected chi connectivity index (χ2v) is 4.77. The van der Waals surface area contributed by atoms with Crippen molar-refractivity contribution in [3.05, 3.63) is 23.9 Å². The number of carbonyl (C=O) groups is 1. The number of rotatable bonds is 2. The number of esters is 1. The van der Waals surface area contributed by atoms with Gasteiger partial charge in [0.15, 0.2) is 0 Å². The number of hydrogen-bond donors (Lipinski definition) is 1. The van der Waals surface area contributed by atoms with Gasteiger partial charge in [-0.3, -0.25) is 0 Å². The van der Waals surface area contributed by atoms with Gasteiger partial charge in [0.1, 0.15) is 5.82 Å². The van der Waals surface area contributed by atoms with Crippen LogP contribution in [0.1, 0.15) is 23.7 Å². The Morgan fingerprint density at radius 1 is 1.61 bits per heavy atom. The number of nitrogens with zero attached hydrogens (tertiary/aromatic N) is 2. The molecule has 0 aliphatic carbocycles. The number of nitrogens with two attached hydrogens (primary N) is 1. The molecule has 0 saturated carbocycles. The number of aromatic nitrogens is 1. The first-order chi connectivity index (χ1) is 8.61. The fraction of sp³-hybridized carbons (Fsp3) is 0.538. The smallest absolute Gasteiger partial charge is 0.338 e. The van der Waals surface area contributed by atoms with Crippen molar-refractivity contribution >= 4 is 11.8 Å². The van der Waals surface area contributed by atoms with Gasteiger partial charge < -0.3 is 15.4 Å². The number of piperidine rings is 1. The van der Waals surface area contributed by atoms with Crippen LogP contribution in [-0.4, -0.2) is 37.2 Å². The van der Waals surface area contributed by atoms with E-state index in [1.54, 1.807) is 18.3 Å². The summed E-state index contributed by atoms with van der Waals surface area (Å²) in [7, 11) is 1.38. The fourth-order valence-corrected chi connectivity index (χ4v) is 2.14. The summed E-state index contributed by atoms with van der Waals surface area (Å²) >= 11 is 0. The maximum atomic E-state index is 11.5. The second-order valence-electron chi connectivity index (χ2n) is 4.77. The topological polar surface area (TPSA) is 68.5 Å². The van der Waals surface area contributed by atoms with Crippen LogP contribution in [0, 0.1) is 5.92 Å². The minimum absolute atomic E-state index is 0.155. The quantitative estimate of drug-likeness (QED) is 0.793. The van der Waals surface area contributed by atoms with Crippen LogP contribution >= 0.6 is 0 Å². The Balaban J connectivity index is 2.16. The van der Waals surface area contributed by atoms with E-state index < -0.39 is 0 Å². The van der Waals surface area contributed by atoms with Gasteiger partial charge in [0, 0.05) is 25.3 Å². The molecular weight excluding hydrogens is 230 g/mol. The average molecular weight is 249 g/mol. The van der Waals surface area contributed by atoms with E-state index in [-0.39, 0.29) is 12.0 Å². The number of ether oxygens (including phenoxy) is 1. The third kappa shape index (κ3) is 2.61. The van der Waals surface area contributed by atoms with Gasteiger partial charge in [-0.1, -0.05) is 6.92 Å². The van der Waals surface area contributed by atoms with E-state index in [4.69, 9.17) is 10.5 Å². The number of hydrogen-bond acceptors (Lipinski definition) is 5. The molecule has 1 saturated heterocycles. The lowest BCUT2D eigenvalue weighted by atomic mass is 9.94. The van der Waals surface area contributed by atoms with Gasteiger partial charge in [0.05, 0.1) is 12.7 Å². The van der Waals surface area contributed by atoms with E-state index in [1.165, 1.54) is 7.11 Å². The fourth-order valence-electron chi connectivity index (χ4n) is 2.14. The predicted octanol–water partition coefficient (Wildman–Crippen LogP) is 1.04. The summed E-state index contributed by atoms with van der Waals surface area (Å²) < 4.78 is 4.71. The largest absolute Gasteiger partial charge is 0.465 e. The van der Waals surface area contributed by atoms with Crippen LogP contribution in [0.4, 0.5) is 5.82 Å². The SMILES string of the molecule is COC(=O)c1ccnc(N2CCC(C)C(N)C2)c1. The van der Waals surface area contributed by atoms with Crippen LogP contribution in [0.15, 0.2) is 18.3 Å². The molecule has 1 aromatic rings. The molecule has 98 valence electrons. The van der Waals surface area contributed by atoms with Crippen molar-refractivity contribution in [2.45, 2.75) is 19.4 Å². The molecule has 0 spiro atoms. The van der Waals surface area contributed by atoms with Gasteiger partial charge in [0.25, 0.3) is 0 Å². The first kappa shape index (κ1) is 12.8. The van der Waals surface area contributed by atoms with E-state index in [0.29, 0.717) is 11.5 Å². The molecule has 1 aromatic heterocycles. The predicted molar refractivity (Wildman–Crippen MR) is 69.5 cm³/mol. The van der Waals surface area contributed by atoms with Crippen LogP contribution in [0.5, 0.6) is 0 Å². The normalized spacial score (nSPS) is 23.8. The van der Waals surface area contributed by atoms with Gasteiger partial charge in [-0.25, -0.2) is 9.78 Å². The third-order valence-electron chi connectivity index (χ3n) is 3.51.